The number of rotatable bonds is 5. The number of aromatic nitrogens is 2. The molecule has 50 heavy (non-hydrogen) atoms. The van der Waals surface area contributed by atoms with Crippen LogP contribution in [0.3, 0.4) is 0 Å². The van der Waals surface area contributed by atoms with Crippen LogP contribution >= 0.6 is 0 Å². The van der Waals surface area contributed by atoms with E-state index in [9.17, 15) is 0 Å². The highest BCUT2D eigenvalue weighted by Gasteiger charge is 2.21. The summed E-state index contributed by atoms with van der Waals surface area (Å²) in [6.07, 6.45) is 0. The molecule has 0 saturated heterocycles. The molecule has 0 saturated carbocycles. The van der Waals surface area contributed by atoms with Gasteiger partial charge in [-0.05, 0) is 53.1 Å². The van der Waals surface area contributed by atoms with Crippen LogP contribution in [-0.2, 0) is 0 Å². The molecule has 0 unspecified atom stereocenters. The quantitative estimate of drug-likeness (QED) is 0.188. The second-order valence-corrected chi connectivity index (χ2v) is 12.5. The number of hydrogen-bond acceptors (Lipinski definition) is 4. The Morgan fingerprint density at radius 2 is 0.920 bits per heavy atom. The fourth-order valence-corrected chi connectivity index (χ4v) is 7.18. The molecule has 0 spiro atoms. The average Bonchev–Trinajstić information content (AvgIpc) is 3.77. The Morgan fingerprint density at radius 3 is 1.70 bits per heavy atom. The maximum atomic E-state index is 6.72. The minimum absolute atomic E-state index is 0.670. The van der Waals surface area contributed by atoms with E-state index in [2.05, 4.69) is 115 Å². The molecular weight excluding hydrogens is 613 g/mol. The van der Waals surface area contributed by atoms with E-state index in [4.69, 9.17) is 18.8 Å². The van der Waals surface area contributed by atoms with Crippen LogP contribution in [0.15, 0.2) is 179 Å². The van der Waals surface area contributed by atoms with Gasteiger partial charge in [-0.2, -0.15) is 0 Å². The standard InChI is InChI=1S/C46H28N2O2/c1-3-13-29(14-4-1)32-17-7-8-18-34(32)39-28-40(48-46(47-39)30-15-5-2-6-16-30)36-25-24-33(45-44(36)37-20-10-12-22-42(37)50-45)31-23-26-43-38(27-31)35-19-9-11-21-41(35)49-43/h1-28H. The van der Waals surface area contributed by atoms with Crippen molar-refractivity contribution in [2.24, 2.45) is 0 Å². The van der Waals surface area contributed by atoms with E-state index in [1.54, 1.807) is 0 Å². The van der Waals surface area contributed by atoms with Crippen LogP contribution < -0.4 is 0 Å². The first kappa shape index (κ1) is 28.3. The minimum Gasteiger partial charge on any atom is -0.456 e. The smallest absolute Gasteiger partial charge is 0.160 e. The van der Waals surface area contributed by atoms with Crippen molar-refractivity contribution < 1.29 is 8.83 Å². The molecule has 0 aliphatic heterocycles. The molecule has 0 amide bonds. The van der Waals surface area contributed by atoms with E-state index in [1.165, 1.54) is 0 Å². The third-order valence-electron chi connectivity index (χ3n) is 9.54. The fourth-order valence-electron chi connectivity index (χ4n) is 7.18. The molecule has 0 fully saturated rings. The lowest BCUT2D eigenvalue weighted by atomic mass is 9.94. The maximum absolute atomic E-state index is 6.72. The van der Waals surface area contributed by atoms with Gasteiger partial charge in [0, 0.05) is 43.8 Å². The molecule has 10 rings (SSSR count). The van der Waals surface area contributed by atoms with Crippen molar-refractivity contribution in [1.82, 2.24) is 9.97 Å². The Labute approximate surface area is 287 Å². The minimum atomic E-state index is 0.670. The van der Waals surface area contributed by atoms with Gasteiger partial charge in [0.15, 0.2) is 5.82 Å². The molecule has 0 bridgehead atoms. The second kappa shape index (κ2) is 11.4. The highest BCUT2D eigenvalue weighted by atomic mass is 16.3. The van der Waals surface area contributed by atoms with Gasteiger partial charge in [0.2, 0.25) is 0 Å². The molecule has 3 aromatic heterocycles. The monoisotopic (exact) mass is 640 g/mol. The van der Waals surface area contributed by atoms with Gasteiger partial charge in [0.25, 0.3) is 0 Å². The predicted molar refractivity (Wildman–Crippen MR) is 204 cm³/mol. The van der Waals surface area contributed by atoms with E-state index >= 15 is 0 Å². The maximum Gasteiger partial charge on any atom is 0.160 e. The van der Waals surface area contributed by atoms with Gasteiger partial charge in [-0.3, -0.25) is 0 Å². The van der Waals surface area contributed by atoms with Crippen LogP contribution in [-0.4, -0.2) is 9.97 Å². The number of nitrogens with zero attached hydrogens (tertiary/aromatic N) is 2. The lowest BCUT2D eigenvalue weighted by Gasteiger charge is -2.14. The predicted octanol–water partition coefficient (Wildman–Crippen LogP) is 12.6. The zero-order chi connectivity index (χ0) is 33.0. The van der Waals surface area contributed by atoms with Crippen LogP contribution in [0.1, 0.15) is 0 Å². The van der Waals surface area contributed by atoms with Crippen LogP contribution in [0.25, 0.3) is 100 Å². The Hall–Kier alpha value is -6.78. The second-order valence-electron chi connectivity index (χ2n) is 12.5. The van der Waals surface area contributed by atoms with Crippen molar-refractivity contribution in [3.8, 4) is 56.2 Å². The highest BCUT2D eigenvalue weighted by molar-refractivity contribution is 6.17. The van der Waals surface area contributed by atoms with E-state index in [0.717, 1.165) is 94.2 Å². The fraction of sp³-hybridized carbons (Fsp3) is 0. The molecule has 0 N–H and O–H groups in total. The Morgan fingerprint density at radius 1 is 0.340 bits per heavy atom. The topological polar surface area (TPSA) is 52.1 Å². The van der Waals surface area contributed by atoms with Gasteiger partial charge >= 0.3 is 0 Å². The van der Waals surface area contributed by atoms with Crippen molar-refractivity contribution in [2.75, 3.05) is 0 Å². The van der Waals surface area contributed by atoms with Crippen LogP contribution in [0.5, 0.6) is 0 Å². The average molecular weight is 641 g/mol. The van der Waals surface area contributed by atoms with Crippen molar-refractivity contribution in [3.05, 3.63) is 170 Å². The molecule has 10 aromatic rings. The number of furan rings is 2. The summed E-state index contributed by atoms with van der Waals surface area (Å²) >= 11 is 0. The number of fused-ring (bicyclic) bond motifs is 6. The number of benzene rings is 7. The molecular formula is C46H28N2O2. The first-order valence-electron chi connectivity index (χ1n) is 16.7. The van der Waals surface area contributed by atoms with Gasteiger partial charge in [-0.1, -0.05) is 133 Å². The summed E-state index contributed by atoms with van der Waals surface area (Å²) in [6.45, 7) is 0. The molecule has 0 radical (unpaired) electrons. The zero-order valence-electron chi connectivity index (χ0n) is 26.9. The SMILES string of the molecule is c1ccc(-c2nc(-c3ccccc3-c3ccccc3)cc(-c3ccc(-c4ccc5oc6ccccc6c5c4)c4oc5ccccc5c34)n2)cc1. The summed E-state index contributed by atoms with van der Waals surface area (Å²) in [7, 11) is 0. The zero-order valence-corrected chi connectivity index (χ0v) is 26.9. The van der Waals surface area contributed by atoms with Gasteiger partial charge in [-0.25, -0.2) is 9.97 Å². The molecule has 0 atom stereocenters. The molecule has 4 heteroatoms. The summed E-state index contributed by atoms with van der Waals surface area (Å²) in [5, 5.41) is 4.24. The Bertz CT molecular complexity index is 2870. The van der Waals surface area contributed by atoms with Crippen LogP contribution in [0, 0.1) is 0 Å². The van der Waals surface area contributed by atoms with Crippen molar-refractivity contribution in [1.29, 1.82) is 0 Å². The van der Waals surface area contributed by atoms with Crippen molar-refractivity contribution in [3.63, 3.8) is 0 Å². The largest absolute Gasteiger partial charge is 0.456 e. The highest BCUT2D eigenvalue weighted by Crippen LogP contribution is 2.44. The van der Waals surface area contributed by atoms with E-state index in [0.29, 0.717) is 5.82 Å². The summed E-state index contributed by atoms with van der Waals surface area (Å²) in [5.74, 6) is 0.670. The van der Waals surface area contributed by atoms with Gasteiger partial charge < -0.3 is 8.83 Å². The summed E-state index contributed by atoms with van der Waals surface area (Å²) < 4.78 is 12.9. The first-order valence-corrected chi connectivity index (χ1v) is 16.7. The van der Waals surface area contributed by atoms with Gasteiger partial charge in [0.05, 0.1) is 11.4 Å². The van der Waals surface area contributed by atoms with E-state index in [-0.39, 0.29) is 0 Å². The molecule has 3 heterocycles. The van der Waals surface area contributed by atoms with Crippen LogP contribution in [0.2, 0.25) is 0 Å². The Balaban J connectivity index is 1.23. The third-order valence-corrected chi connectivity index (χ3v) is 9.54. The van der Waals surface area contributed by atoms with E-state index < -0.39 is 0 Å². The molecule has 0 aliphatic rings. The lowest BCUT2D eigenvalue weighted by Crippen LogP contribution is -1.97. The molecule has 7 aromatic carbocycles. The molecule has 4 nitrogen and oxygen atoms in total. The lowest BCUT2D eigenvalue weighted by molar-refractivity contribution is 0.668. The summed E-state index contributed by atoms with van der Waals surface area (Å²) in [5.41, 5.74) is 12.4. The van der Waals surface area contributed by atoms with Crippen LogP contribution in [0.4, 0.5) is 0 Å². The molecule has 0 aliphatic carbocycles. The normalized spacial score (nSPS) is 11.6. The van der Waals surface area contributed by atoms with Crippen molar-refractivity contribution >= 4 is 43.9 Å². The molecule has 234 valence electrons. The Kier molecular flexibility index (Phi) is 6.46. The van der Waals surface area contributed by atoms with Gasteiger partial charge in [0.1, 0.15) is 22.3 Å². The third kappa shape index (κ3) is 4.61. The van der Waals surface area contributed by atoms with Crippen molar-refractivity contribution in [2.45, 2.75) is 0 Å². The van der Waals surface area contributed by atoms with Gasteiger partial charge in [-0.15, -0.1) is 0 Å². The number of hydrogen-bond donors (Lipinski definition) is 0. The number of para-hydroxylation sites is 2. The van der Waals surface area contributed by atoms with E-state index in [1.807, 2.05) is 54.6 Å². The summed E-state index contributed by atoms with van der Waals surface area (Å²) in [6, 6.07) is 58.4. The summed E-state index contributed by atoms with van der Waals surface area (Å²) in [4.78, 5) is 10.4. The first-order chi connectivity index (χ1) is 24.8.